The van der Waals surface area contributed by atoms with Crippen LogP contribution in [0.3, 0.4) is 0 Å². The first kappa shape index (κ1) is 32.5. The number of ether oxygens (including phenoxy) is 2. The molecule has 0 saturated carbocycles. The van der Waals surface area contributed by atoms with Crippen molar-refractivity contribution in [1.82, 2.24) is 16.0 Å². The Morgan fingerprint density at radius 1 is 1.07 bits per heavy atom. The Balaban J connectivity index is -0.000000350. The summed E-state index contributed by atoms with van der Waals surface area (Å²) in [5.41, 5.74) is 0. The highest BCUT2D eigenvalue weighted by atomic mass is 16.5. The summed E-state index contributed by atoms with van der Waals surface area (Å²) < 4.78 is 8.69. The molecule has 9 nitrogen and oxygen atoms in total. The molecule has 0 bridgehead atoms. The lowest BCUT2D eigenvalue weighted by molar-refractivity contribution is -0.144. The number of unbranched alkanes of at least 4 members (excludes halogenated alkanes) is 2. The Labute approximate surface area is 182 Å². The van der Waals surface area contributed by atoms with Gasteiger partial charge in [-0.25, -0.2) is 4.79 Å². The monoisotopic (exact) mass is 433 g/mol. The SMILES string of the molecule is CC1CCNC1.CCCC.CCCCC(NC=O)C(=O)OC.COC(=O)CNC=O. The molecule has 1 aliphatic rings. The Bertz CT molecular complexity index is 414. The molecule has 178 valence electrons. The van der Waals surface area contributed by atoms with Crippen LogP contribution >= 0.6 is 0 Å². The molecule has 30 heavy (non-hydrogen) atoms. The second-order valence-electron chi connectivity index (χ2n) is 6.68. The summed E-state index contributed by atoms with van der Waals surface area (Å²) in [5.74, 6) is 0.109. The van der Waals surface area contributed by atoms with E-state index in [1.807, 2.05) is 6.92 Å². The maximum Gasteiger partial charge on any atom is 0.328 e. The van der Waals surface area contributed by atoms with Crippen molar-refractivity contribution in [2.24, 2.45) is 5.92 Å². The number of rotatable bonds is 10. The molecule has 1 rings (SSSR count). The number of amides is 2. The van der Waals surface area contributed by atoms with Gasteiger partial charge >= 0.3 is 11.9 Å². The fourth-order valence-electron chi connectivity index (χ4n) is 1.90. The lowest BCUT2D eigenvalue weighted by Crippen LogP contribution is -2.36. The Morgan fingerprint density at radius 3 is 2.00 bits per heavy atom. The van der Waals surface area contributed by atoms with Gasteiger partial charge in [-0.3, -0.25) is 14.4 Å². The van der Waals surface area contributed by atoms with E-state index in [1.54, 1.807) is 0 Å². The van der Waals surface area contributed by atoms with Gasteiger partial charge in [0.15, 0.2) is 0 Å². The molecule has 1 aliphatic heterocycles. The van der Waals surface area contributed by atoms with Crippen LogP contribution in [-0.4, -0.2) is 64.7 Å². The summed E-state index contributed by atoms with van der Waals surface area (Å²) in [4.78, 5) is 40.7. The van der Waals surface area contributed by atoms with Gasteiger partial charge in [0.05, 0.1) is 14.2 Å². The summed E-state index contributed by atoms with van der Waals surface area (Å²) in [6, 6.07) is -0.479. The number of carbonyl (C=O) groups excluding carboxylic acids is 4. The molecule has 2 unspecified atom stereocenters. The predicted octanol–water partition coefficient (Wildman–Crippen LogP) is 1.79. The van der Waals surface area contributed by atoms with Gasteiger partial charge in [-0.15, -0.1) is 0 Å². The summed E-state index contributed by atoms with van der Waals surface area (Å²) in [7, 11) is 2.57. The van der Waals surface area contributed by atoms with Gasteiger partial charge < -0.3 is 25.4 Å². The van der Waals surface area contributed by atoms with Crippen LogP contribution in [0.2, 0.25) is 0 Å². The van der Waals surface area contributed by atoms with E-state index in [0.717, 1.165) is 18.8 Å². The zero-order valence-electron chi connectivity index (χ0n) is 19.6. The molecule has 2 atom stereocenters. The van der Waals surface area contributed by atoms with Crippen LogP contribution in [-0.2, 0) is 28.7 Å². The molecule has 9 heteroatoms. The lowest BCUT2D eigenvalue weighted by Gasteiger charge is -2.12. The van der Waals surface area contributed by atoms with E-state index in [1.165, 1.54) is 46.6 Å². The second-order valence-corrected chi connectivity index (χ2v) is 6.68. The zero-order valence-corrected chi connectivity index (χ0v) is 19.6. The maximum atomic E-state index is 11.0. The molecule has 0 aromatic heterocycles. The molecule has 0 radical (unpaired) electrons. The van der Waals surface area contributed by atoms with E-state index in [9.17, 15) is 19.2 Å². The van der Waals surface area contributed by atoms with Crippen molar-refractivity contribution in [2.75, 3.05) is 33.9 Å². The largest absolute Gasteiger partial charge is 0.468 e. The van der Waals surface area contributed by atoms with E-state index in [-0.39, 0.29) is 12.5 Å². The Morgan fingerprint density at radius 2 is 1.70 bits per heavy atom. The second kappa shape index (κ2) is 26.8. The van der Waals surface area contributed by atoms with Crippen LogP contribution < -0.4 is 16.0 Å². The highest BCUT2D eigenvalue weighted by Crippen LogP contribution is 2.03. The molecule has 0 aliphatic carbocycles. The molecular formula is C21H43N3O6. The van der Waals surface area contributed by atoms with Crippen LogP contribution in [0.15, 0.2) is 0 Å². The molecule has 3 N–H and O–H groups in total. The Kier molecular flexibility index (Phi) is 29.1. The normalized spacial score (nSPS) is 14.7. The molecule has 2 amide bonds. The number of nitrogens with one attached hydrogen (secondary N) is 3. The van der Waals surface area contributed by atoms with Gasteiger partial charge in [-0.1, -0.05) is 53.4 Å². The summed E-state index contributed by atoms with van der Waals surface area (Å²) in [6.45, 7) is 11.1. The van der Waals surface area contributed by atoms with E-state index >= 15 is 0 Å². The highest BCUT2D eigenvalue weighted by Gasteiger charge is 2.16. The van der Waals surface area contributed by atoms with E-state index < -0.39 is 12.0 Å². The van der Waals surface area contributed by atoms with Gasteiger partial charge in [0.2, 0.25) is 12.8 Å². The van der Waals surface area contributed by atoms with Gasteiger partial charge in [0.25, 0.3) is 0 Å². The molecule has 1 heterocycles. The summed E-state index contributed by atoms with van der Waals surface area (Å²) in [6.07, 6.45) is 7.52. The van der Waals surface area contributed by atoms with Crippen molar-refractivity contribution in [2.45, 2.75) is 72.3 Å². The van der Waals surface area contributed by atoms with Crippen molar-refractivity contribution in [1.29, 1.82) is 0 Å². The molecule has 1 saturated heterocycles. The van der Waals surface area contributed by atoms with Crippen molar-refractivity contribution in [3.63, 3.8) is 0 Å². The Hall–Kier alpha value is -2.16. The number of carbonyl (C=O) groups is 4. The molecule has 0 aromatic carbocycles. The fraction of sp³-hybridized carbons (Fsp3) is 0.810. The predicted molar refractivity (Wildman–Crippen MR) is 118 cm³/mol. The number of esters is 2. The average Bonchev–Trinajstić information content (AvgIpc) is 3.26. The van der Waals surface area contributed by atoms with Crippen molar-refractivity contribution in [3.05, 3.63) is 0 Å². The van der Waals surface area contributed by atoms with E-state index in [2.05, 4.69) is 46.2 Å². The van der Waals surface area contributed by atoms with E-state index in [0.29, 0.717) is 19.2 Å². The smallest absolute Gasteiger partial charge is 0.328 e. The van der Waals surface area contributed by atoms with Crippen LogP contribution in [0.25, 0.3) is 0 Å². The minimum atomic E-state index is -0.479. The first-order valence-corrected chi connectivity index (χ1v) is 10.6. The average molecular weight is 434 g/mol. The molecule has 0 aromatic rings. The van der Waals surface area contributed by atoms with Crippen LogP contribution in [0.1, 0.15) is 66.2 Å². The third-order valence-electron chi connectivity index (χ3n) is 3.97. The van der Waals surface area contributed by atoms with E-state index in [4.69, 9.17) is 0 Å². The zero-order chi connectivity index (χ0) is 23.6. The highest BCUT2D eigenvalue weighted by molar-refractivity contribution is 5.77. The minimum absolute atomic E-state index is 0.0556. The maximum absolute atomic E-state index is 11.0. The summed E-state index contributed by atoms with van der Waals surface area (Å²) in [5, 5.41) is 7.83. The minimum Gasteiger partial charge on any atom is -0.468 e. The lowest BCUT2D eigenvalue weighted by atomic mass is 10.1. The van der Waals surface area contributed by atoms with Gasteiger partial charge in [0, 0.05) is 0 Å². The quantitative estimate of drug-likeness (QED) is 0.354. The van der Waals surface area contributed by atoms with Crippen LogP contribution in [0.4, 0.5) is 0 Å². The fourth-order valence-corrected chi connectivity index (χ4v) is 1.90. The van der Waals surface area contributed by atoms with Crippen molar-refractivity contribution >= 4 is 24.8 Å². The van der Waals surface area contributed by atoms with Crippen LogP contribution in [0, 0.1) is 5.92 Å². The number of methoxy groups -OCH3 is 2. The van der Waals surface area contributed by atoms with Gasteiger partial charge in [-0.2, -0.15) is 0 Å². The molecular weight excluding hydrogens is 390 g/mol. The van der Waals surface area contributed by atoms with Crippen molar-refractivity contribution < 1.29 is 28.7 Å². The molecule has 0 spiro atoms. The number of hydrogen-bond donors (Lipinski definition) is 3. The molecule has 1 fully saturated rings. The van der Waals surface area contributed by atoms with Crippen LogP contribution in [0.5, 0.6) is 0 Å². The van der Waals surface area contributed by atoms with Gasteiger partial charge in [-0.05, 0) is 31.8 Å². The summed E-state index contributed by atoms with van der Waals surface area (Å²) >= 11 is 0. The standard InChI is InChI=1S/C8H15NO3.C5H11N.C4H7NO3.C4H10/c1-3-4-5-7(9-6-10)8(11)12-2;1-5-2-3-6-4-5;1-8-4(7)2-5-3-6;1-3-4-2/h6-7H,3-5H2,1-2H3,(H,9,10);5-6H,2-4H2,1H3;3H,2H2,1H3,(H,5,6);3-4H2,1-2H3. The number of hydrogen-bond acceptors (Lipinski definition) is 7. The third kappa shape index (κ3) is 25.8. The topological polar surface area (TPSA) is 123 Å². The first-order valence-electron chi connectivity index (χ1n) is 10.6. The van der Waals surface area contributed by atoms with Crippen molar-refractivity contribution in [3.8, 4) is 0 Å². The van der Waals surface area contributed by atoms with Gasteiger partial charge in [0.1, 0.15) is 12.6 Å². The first-order chi connectivity index (χ1) is 14.4. The third-order valence-corrected chi connectivity index (χ3v) is 3.97.